The molecule has 1 aliphatic rings. The van der Waals surface area contributed by atoms with E-state index in [0.717, 1.165) is 28.4 Å². The summed E-state index contributed by atoms with van der Waals surface area (Å²) in [6.45, 7) is 4.06. The number of hydrogen-bond acceptors (Lipinski definition) is 7. The molecule has 3 aromatic heterocycles. The van der Waals surface area contributed by atoms with Crippen LogP contribution in [0.1, 0.15) is 29.8 Å². The standard InChI is InChI=1S/C23H24N4O2S2/c28-22-20(15-19-5-4-14-30-19)25-27-21(16-31-23(27)24-22)17-6-8-18(9-7-17)29-13-12-26-10-2-1-3-11-26/h4-9,14,16H,1-3,10-13,15H2. The number of fused-ring (bicyclic) bond motifs is 1. The molecule has 1 fully saturated rings. The van der Waals surface area contributed by atoms with Crippen molar-refractivity contribution < 1.29 is 4.74 Å². The maximum Gasteiger partial charge on any atom is 0.296 e. The number of hydrogen-bond donors (Lipinski definition) is 0. The quantitative estimate of drug-likeness (QED) is 0.418. The molecule has 6 nitrogen and oxygen atoms in total. The molecular formula is C23H24N4O2S2. The van der Waals surface area contributed by atoms with Crippen LogP contribution in [0, 0.1) is 0 Å². The van der Waals surface area contributed by atoms with Crippen LogP contribution in [0.15, 0.2) is 52.0 Å². The molecule has 0 aliphatic carbocycles. The molecule has 8 heteroatoms. The van der Waals surface area contributed by atoms with E-state index in [2.05, 4.69) is 15.0 Å². The van der Waals surface area contributed by atoms with E-state index in [1.54, 1.807) is 15.9 Å². The van der Waals surface area contributed by atoms with Gasteiger partial charge in [0, 0.05) is 28.8 Å². The van der Waals surface area contributed by atoms with Crippen LogP contribution in [0.2, 0.25) is 0 Å². The molecule has 4 heterocycles. The predicted octanol–water partition coefficient (Wildman–Crippen LogP) is 4.34. The molecule has 0 bridgehead atoms. The Morgan fingerprint density at radius 3 is 2.65 bits per heavy atom. The van der Waals surface area contributed by atoms with Crippen molar-refractivity contribution in [3.63, 3.8) is 0 Å². The van der Waals surface area contributed by atoms with E-state index in [-0.39, 0.29) is 5.56 Å². The number of likely N-dealkylation sites (tertiary alicyclic amines) is 1. The lowest BCUT2D eigenvalue weighted by Crippen LogP contribution is -2.33. The predicted molar refractivity (Wildman–Crippen MR) is 125 cm³/mol. The molecule has 0 saturated carbocycles. The monoisotopic (exact) mass is 452 g/mol. The first-order valence-corrected chi connectivity index (χ1v) is 12.4. The molecule has 0 amide bonds. The third kappa shape index (κ3) is 4.71. The van der Waals surface area contributed by atoms with Crippen LogP contribution >= 0.6 is 22.7 Å². The van der Waals surface area contributed by atoms with Crippen LogP contribution in [0.25, 0.3) is 16.2 Å². The number of aromatic nitrogens is 3. The Morgan fingerprint density at radius 1 is 1.03 bits per heavy atom. The Balaban J connectivity index is 1.31. The average Bonchev–Trinajstić information content (AvgIpc) is 3.45. The van der Waals surface area contributed by atoms with Crippen LogP contribution in [-0.4, -0.2) is 45.7 Å². The van der Waals surface area contributed by atoms with Crippen LogP contribution in [0.3, 0.4) is 0 Å². The maximum absolute atomic E-state index is 12.4. The lowest BCUT2D eigenvalue weighted by atomic mass is 10.1. The van der Waals surface area contributed by atoms with E-state index >= 15 is 0 Å². The van der Waals surface area contributed by atoms with Crippen LogP contribution in [0.5, 0.6) is 5.75 Å². The lowest BCUT2D eigenvalue weighted by Gasteiger charge is -2.26. The molecular weight excluding hydrogens is 428 g/mol. The molecule has 1 aliphatic heterocycles. The fraction of sp³-hybridized carbons (Fsp3) is 0.348. The first-order valence-electron chi connectivity index (χ1n) is 10.6. The van der Waals surface area contributed by atoms with E-state index in [4.69, 9.17) is 4.74 Å². The smallest absolute Gasteiger partial charge is 0.296 e. The van der Waals surface area contributed by atoms with Gasteiger partial charge in [0.1, 0.15) is 18.1 Å². The zero-order valence-electron chi connectivity index (χ0n) is 17.2. The summed E-state index contributed by atoms with van der Waals surface area (Å²) in [5.41, 5.74) is 2.17. The summed E-state index contributed by atoms with van der Waals surface area (Å²) in [4.78, 5) is 20.8. The van der Waals surface area contributed by atoms with Gasteiger partial charge in [0.25, 0.3) is 5.56 Å². The topological polar surface area (TPSA) is 59.7 Å². The van der Waals surface area contributed by atoms with Crippen LogP contribution < -0.4 is 10.3 Å². The van der Waals surface area contributed by atoms with E-state index in [1.807, 2.05) is 47.2 Å². The van der Waals surface area contributed by atoms with Gasteiger partial charge in [-0.25, -0.2) is 4.52 Å². The third-order valence-corrected chi connectivity index (χ3v) is 7.24. The Kier molecular flexibility index (Phi) is 6.11. The van der Waals surface area contributed by atoms with E-state index in [0.29, 0.717) is 23.7 Å². The molecule has 1 aromatic carbocycles. The Hall–Kier alpha value is -2.55. The number of piperidine rings is 1. The van der Waals surface area contributed by atoms with Crippen molar-refractivity contribution in [2.24, 2.45) is 0 Å². The Labute approximate surface area is 188 Å². The fourth-order valence-electron chi connectivity index (χ4n) is 3.87. The number of nitrogens with zero attached hydrogens (tertiary/aromatic N) is 4. The first kappa shape index (κ1) is 20.4. The van der Waals surface area contributed by atoms with Gasteiger partial charge in [-0.3, -0.25) is 9.69 Å². The second kappa shape index (κ2) is 9.30. The zero-order chi connectivity index (χ0) is 21.0. The minimum absolute atomic E-state index is 0.251. The van der Waals surface area contributed by atoms with Gasteiger partial charge in [0.2, 0.25) is 4.96 Å². The highest BCUT2D eigenvalue weighted by atomic mass is 32.1. The number of thiophene rings is 1. The van der Waals surface area contributed by atoms with Crippen molar-refractivity contribution in [1.29, 1.82) is 0 Å². The number of rotatable bonds is 7. The lowest BCUT2D eigenvalue weighted by molar-refractivity contribution is 0.183. The SMILES string of the molecule is O=c1nc2scc(-c3ccc(OCCN4CCCCC4)cc3)n2nc1Cc1cccs1. The largest absolute Gasteiger partial charge is 0.492 e. The summed E-state index contributed by atoms with van der Waals surface area (Å²) in [6, 6.07) is 12.1. The molecule has 4 aromatic rings. The van der Waals surface area contributed by atoms with Crippen molar-refractivity contribution in [2.75, 3.05) is 26.2 Å². The van der Waals surface area contributed by atoms with Gasteiger partial charge in [0.15, 0.2) is 0 Å². The number of ether oxygens (including phenoxy) is 1. The summed E-state index contributed by atoms with van der Waals surface area (Å²) in [7, 11) is 0. The summed E-state index contributed by atoms with van der Waals surface area (Å²) in [6.07, 6.45) is 4.45. The molecule has 0 unspecified atom stereocenters. The number of thiazole rings is 1. The summed E-state index contributed by atoms with van der Waals surface area (Å²) in [5.74, 6) is 0.872. The molecule has 0 atom stereocenters. The highest BCUT2D eigenvalue weighted by Crippen LogP contribution is 2.26. The average molecular weight is 453 g/mol. The normalized spacial score (nSPS) is 14.8. The van der Waals surface area contributed by atoms with E-state index < -0.39 is 0 Å². The first-order chi connectivity index (χ1) is 15.3. The molecule has 0 spiro atoms. The number of benzene rings is 1. The molecule has 5 rings (SSSR count). The third-order valence-electron chi connectivity index (χ3n) is 5.55. The minimum Gasteiger partial charge on any atom is -0.492 e. The molecule has 160 valence electrons. The van der Waals surface area contributed by atoms with Crippen molar-refractivity contribution in [2.45, 2.75) is 25.7 Å². The second-order valence-electron chi connectivity index (χ2n) is 7.71. The fourth-order valence-corrected chi connectivity index (χ4v) is 5.41. The van der Waals surface area contributed by atoms with Gasteiger partial charge < -0.3 is 4.74 Å². The molecule has 1 saturated heterocycles. The molecule has 31 heavy (non-hydrogen) atoms. The van der Waals surface area contributed by atoms with E-state index in [1.165, 1.54) is 43.7 Å². The second-order valence-corrected chi connectivity index (χ2v) is 9.58. The van der Waals surface area contributed by atoms with Gasteiger partial charge in [-0.2, -0.15) is 10.1 Å². The Morgan fingerprint density at radius 2 is 1.87 bits per heavy atom. The summed E-state index contributed by atoms with van der Waals surface area (Å²) in [5, 5.41) is 8.63. The van der Waals surface area contributed by atoms with Gasteiger partial charge in [0.05, 0.1) is 5.69 Å². The van der Waals surface area contributed by atoms with E-state index in [9.17, 15) is 4.79 Å². The highest BCUT2D eigenvalue weighted by molar-refractivity contribution is 7.15. The maximum atomic E-state index is 12.4. The van der Waals surface area contributed by atoms with Crippen molar-refractivity contribution >= 4 is 27.6 Å². The van der Waals surface area contributed by atoms with Gasteiger partial charge in [-0.05, 0) is 61.6 Å². The van der Waals surface area contributed by atoms with Crippen LogP contribution in [-0.2, 0) is 6.42 Å². The van der Waals surface area contributed by atoms with Gasteiger partial charge in [-0.1, -0.05) is 12.5 Å². The highest BCUT2D eigenvalue weighted by Gasteiger charge is 2.13. The van der Waals surface area contributed by atoms with Gasteiger partial charge in [-0.15, -0.1) is 22.7 Å². The van der Waals surface area contributed by atoms with Crippen LogP contribution in [0.4, 0.5) is 0 Å². The zero-order valence-corrected chi connectivity index (χ0v) is 18.8. The minimum atomic E-state index is -0.251. The van der Waals surface area contributed by atoms with Crippen molar-refractivity contribution in [3.05, 3.63) is 68.1 Å². The van der Waals surface area contributed by atoms with Crippen molar-refractivity contribution in [1.82, 2.24) is 19.5 Å². The summed E-state index contributed by atoms with van der Waals surface area (Å²) < 4.78 is 7.73. The van der Waals surface area contributed by atoms with Crippen molar-refractivity contribution in [3.8, 4) is 17.0 Å². The molecule has 0 N–H and O–H groups in total. The molecule has 0 radical (unpaired) electrons. The van der Waals surface area contributed by atoms with Gasteiger partial charge >= 0.3 is 0 Å². The summed E-state index contributed by atoms with van der Waals surface area (Å²) >= 11 is 3.05. The Bertz CT molecular complexity index is 1190.